The highest BCUT2D eigenvalue weighted by atomic mass is 32.1. The summed E-state index contributed by atoms with van der Waals surface area (Å²) in [6, 6.07) is 10.9. The number of amides is 3. The standard InChI is InChI=1S/C22H28N4O3S/c27-21(20-7-4-12-30-20)24-17-5-3-6-18(13-17)25-22(28)23-14-19(16-8-11-29-15-16)26-9-1-2-10-26/h3-7,12-13,16,19H,1-2,8-11,14-15H2,(H,24,27)(H2,23,25,28)/t16-,19+/m1/s1. The van der Waals surface area contributed by atoms with E-state index >= 15 is 0 Å². The van der Waals surface area contributed by atoms with Crippen molar-refractivity contribution < 1.29 is 14.3 Å². The normalized spacial score (nSPS) is 20.1. The molecule has 8 heteroatoms. The lowest BCUT2D eigenvalue weighted by Crippen LogP contribution is -2.48. The summed E-state index contributed by atoms with van der Waals surface area (Å²) in [5.41, 5.74) is 1.28. The van der Waals surface area contributed by atoms with Crippen molar-refractivity contribution in [3.05, 3.63) is 46.7 Å². The SMILES string of the molecule is O=C(NC[C@@H]([C@@H]1CCOC1)N1CCCC1)Nc1cccc(NC(=O)c2cccs2)c1. The molecule has 0 radical (unpaired) electrons. The van der Waals surface area contributed by atoms with Gasteiger partial charge in [-0.15, -0.1) is 11.3 Å². The summed E-state index contributed by atoms with van der Waals surface area (Å²) in [5.74, 6) is 0.318. The number of likely N-dealkylation sites (tertiary alicyclic amines) is 1. The van der Waals surface area contributed by atoms with Gasteiger partial charge in [-0.3, -0.25) is 9.69 Å². The number of anilines is 2. The molecule has 3 N–H and O–H groups in total. The third-order valence-electron chi connectivity index (χ3n) is 5.71. The van der Waals surface area contributed by atoms with E-state index in [0.717, 1.165) is 32.7 Å². The fraction of sp³-hybridized carbons (Fsp3) is 0.455. The Labute approximate surface area is 180 Å². The molecule has 2 aliphatic heterocycles. The third kappa shape index (κ3) is 5.38. The minimum Gasteiger partial charge on any atom is -0.381 e. The molecular weight excluding hydrogens is 400 g/mol. The molecule has 0 aliphatic carbocycles. The number of benzene rings is 1. The van der Waals surface area contributed by atoms with Gasteiger partial charge in [0.2, 0.25) is 0 Å². The molecule has 7 nitrogen and oxygen atoms in total. The lowest BCUT2D eigenvalue weighted by molar-refractivity contribution is 0.103. The van der Waals surface area contributed by atoms with E-state index in [1.54, 1.807) is 18.2 Å². The zero-order chi connectivity index (χ0) is 20.8. The predicted molar refractivity (Wildman–Crippen MR) is 119 cm³/mol. The number of carbonyl (C=O) groups is 2. The van der Waals surface area contributed by atoms with Crippen molar-refractivity contribution in [2.75, 3.05) is 43.5 Å². The lowest BCUT2D eigenvalue weighted by atomic mass is 9.97. The topological polar surface area (TPSA) is 82.7 Å². The Balaban J connectivity index is 1.31. The summed E-state index contributed by atoms with van der Waals surface area (Å²) >= 11 is 1.39. The fourth-order valence-electron chi connectivity index (χ4n) is 4.17. The first-order valence-corrected chi connectivity index (χ1v) is 11.4. The highest BCUT2D eigenvalue weighted by molar-refractivity contribution is 7.12. The number of rotatable bonds is 7. The minimum absolute atomic E-state index is 0.154. The average molecular weight is 429 g/mol. The molecule has 4 rings (SSSR count). The van der Waals surface area contributed by atoms with Crippen molar-refractivity contribution in [3.8, 4) is 0 Å². The Morgan fingerprint density at radius 2 is 1.93 bits per heavy atom. The van der Waals surface area contributed by atoms with E-state index in [-0.39, 0.29) is 11.9 Å². The molecule has 0 spiro atoms. The third-order valence-corrected chi connectivity index (χ3v) is 6.58. The van der Waals surface area contributed by atoms with Crippen LogP contribution in [0.25, 0.3) is 0 Å². The van der Waals surface area contributed by atoms with Crippen LogP contribution in [0.4, 0.5) is 16.2 Å². The first-order valence-electron chi connectivity index (χ1n) is 10.5. The van der Waals surface area contributed by atoms with E-state index in [1.807, 2.05) is 23.6 Å². The van der Waals surface area contributed by atoms with Crippen LogP contribution < -0.4 is 16.0 Å². The van der Waals surface area contributed by atoms with Crippen molar-refractivity contribution in [2.24, 2.45) is 5.92 Å². The van der Waals surface area contributed by atoms with Gasteiger partial charge in [0.05, 0.1) is 11.5 Å². The number of carbonyl (C=O) groups excluding carboxylic acids is 2. The second-order valence-electron chi connectivity index (χ2n) is 7.78. The molecule has 0 saturated carbocycles. The van der Waals surface area contributed by atoms with Gasteiger partial charge in [-0.05, 0) is 62.0 Å². The molecule has 160 valence electrons. The van der Waals surface area contributed by atoms with Gasteiger partial charge in [-0.2, -0.15) is 0 Å². The highest BCUT2D eigenvalue weighted by Crippen LogP contribution is 2.24. The number of urea groups is 1. The van der Waals surface area contributed by atoms with Crippen molar-refractivity contribution >= 4 is 34.6 Å². The lowest BCUT2D eigenvalue weighted by Gasteiger charge is -2.31. The van der Waals surface area contributed by atoms with Crippen LogP contribution in [0.1, 0.15) is 28.9 Å². The Hall–Kier alpha value is -2.42. The maximum absolute atomic E-state index is 12.5. The van der Waals surface area contributed by atoms with Gasteiger partial charge in [0.15, 0.2) is 0 Å². The maximum atomic E-state index is 12.5. The van der Waals surface area contributed by atoms with Gasteiger partial charge < -0.3 is 20.7 Å². The summed E-state index contributed by atoms with van der Waals surface area (Å²) in [6.45, 7) is 4.38. The van der Waals surface area contributed by atoms with Crippen LogP contribution in [0, 0.1) is 5.92 Å². The Kier molecular flexibility index (Phi) is 6.99. The largest absolute Gasteiger partial charge is 0.381 e. The summed E-state index contributed by atoms with van der Waals surface area (Å²) < 4.78 is 5.58. The first-order chi connectivity index (χ1) is 14.7. The Morgan fingerprint density at radius 3 is 2.63 bits per heavy atom. The highest BCUT2D eigenvalue weighted by Gasteiger charge is 2.32. The molecule has 2 aliphatic rings. The summed E-state index contributed by atoms with van der Waals surface area (Å²) in [6.07, 6.45) is 3.50. The molecule has 2 atom stereocenters. The minimum atomic E-state index is -0.236. The van der Waals surface area contributed by atoms with E-state index in [9.17, 15) is 9.59 Å². The molecule has 1 aromatic heterocycles. The van der Waals surface area contributed by atoms with Crippen molar-refractivity contribution in [1.29, 1.82) is 0 Å². The van der Waals surface area contributed by atoms with Gasteiger partial charge in [0.25, 0.3) is 5.91 Å². The number of nitrogens with zero attached hydrogens (tertiary/aromatic N) is 1. The summed E-state index contributed by atoms with van der Waals surface area (Å²) in [7, 11) is 0. The quantitative estimate of drug-likeness (QED) is 0.629. The van der Waals surface area contributed by atoms with E-state index in [4.69, 9.17) is 4.74 Å². The summed E-state index contributed by atoms with van der Waals surface area (Å²) in [4.78, 5) is 27.9. The monoisotopic (exact) mass is 428 g/mol. The number of nitrogens with one attached hydrogen (secondary N) is 3. The van der Waals surface area contributed by atoms with Crippen LogP contribution >= 0.6 is 11.3 Å². The summed E-state index contributed by atoms with van der Waals surface area (Å²) in [5, 5.41) is 10.6. The van der Waals surface area contributed by atoms with Crippen LogP contribution in [0.3, 0.4) is 0 Å². The fourth-order valence-corrected chi connectivity index (χ4v) is 4.79. The maximum Gasteiger partial charge on any atom is 0.319 e. The molecule has 2 saturated heterocycles. The van der Waals surface area contributed by atoms with Crippen LogP contribution in [0.15, 0.2) is 41.8 Å². The molecule has 0 unspecified atom stereocenters. The second kappa shape index (κ2) is 10.1. The van der Waals surface area contributed by atoms with Crippen LogP contribution in [-0.4, -0.2) is 55.7 Å². The van der Waals surface area contributed by atoms with Gasteiger partial charge in [-0.25, -0.2) is 4.79 Å². The van der Waals surface area contributed by atoms with Gasteiger partial charge in [-0.1, -0.05) is 12.1 Å². The van der Waals surface area contributed by atoms with Crippen LogP contribution in [0.2, 0.25) is 0 Å². The molecule has 2 aromatic rings. The van der Waals surface area contributed by atoms with E-state index < -0.39 is 0 Å². The average Bonchev–Trinajstić information content (AvgIpc) is 3.51. The number of ether oxygens (including phenoxy) is 1. The van der Waals surface area contributed by atoms with Crippen molar-refractivity contribution in [3.63, 3.8) is 0 Å². The van der Waals surface area contributed by atoms with Gasteiger partial charge in [0, 0.05) is 36.5 Å². The van der Waals surface area contributed by atoms with Crippen LogP contribution in [0.5, 0.6) is 0 Å². The number of hydrogen-bond donors (Lipinski definition) is 3. The molecule has 3 amide bonds. The zero-order valence-corrected chi connectivity index (χ0v) is 17.7. The predicted octanol–water partition coefficient (Wildman–Crippen LogP) is 3.62. The first kappa shape index (κ1) is 20.8. The number of hydrogen-bond acceptors (Lipinski definition) is 5. The molecule has 2 fully saturated rings. The van der Waals surface area contributed by atoms with Gasteiger partial charge >= 0.3 is 6.03 Å². The zero-order valence-electron chi connectivity index (χ0n) is 16.9. The smallest absolute Gasteiger partial charge is 0.319 e. The van der Waals surface area contributed by atoms with E-state index in [2.05, 4.69) is 20.9 Å². The van der Waals surface area contributed by atoms with E-state index in [0.29, 0.717) is 34.8 Å². The molecular formula is C22H28N4O3S. The van der Waals surface area contributed by atoms with Gasteiger partial charge in [0.1, 0.15) is 0 Å². The Bertz CT molecular complexity index is 830. The number of thiophene rings is 1. The van der Waals surface area contributed by atoms with Crippen LogP contribution in [-0.2, 0) is 4.74 Å². The Morgan fingerprint density at radius 1 is 1.13 bits per heavy atom. The molecule has 3 heterocycles. The molecule has 30 heavy (non-hydrogen) atoms. The van der Waals surface area contributed by atoms with Crippen molar-refractivity contribution in [1.82, 2.24) is 10.2 Å². The molecule has 0 bridgehead atoms. The molecule has 1 aromatic carbocycles. The second-order valence-corrected chi connectivity index (χ2v) is 8.73. The van der Waals surface area contributed by atoms with Crippen molar-refractivity contribution in [2.45, 2.75) is 25.3 Å². The van der Waals surface area contributed by atoms with E-state index in [1.165, 1.54) is 24.2 Å².